The summed E-state index contributed by atoms with van der Waals surface area (Å²) in [6, 6.07) is 21.5. The molecule has 0 saturated carbocycles. The molecule has 2 unspecified atom stereocenters. The molecule has 0 amide bonds. The second-order valence-corrected chi connectivity index (χ2v) is 13.5. The number of carbonyl (C=O) groups excluding carboxylic acids is 2. The Hall–Kier alpha value is -4.22. The molecule has 9 nitrogen and oxygen atoms in total. The van der Waals surface area contributed by atoms with Crippen LogP contribution in [0.5, 0.6) is 0 Å². The molecule has 0 spiro atoms. The molecule has 240 valence electrons. The van der Waals surface area contributed by atoms with E-state index in [0.717, 1.165) is 61.4 Å². The highest BCUT2D eigenvalue weighted by atomic mass is 35.5. The molecule has 1 fully saturated rings. The van der Waals surface area contributed by atoms with Crippen LogP contribution in [0.15, 0.2) is 95.4 Å². The first-order valence-electron chi connectivity index (χ1n) is 15.8. The highest BCUT2D eigenvalue weighted by Crippen LogP contribution is 2.33. The number of carbonyl (C=O) groups is 2. The molecule has 2 heterocycles. The number of benzene rings is 3. The topological polar surface area (TPSA) is 111 Å². The van der Waals surface area contributed by atoms with Crippen LogP contribution < -0.4 is 4.90 Å². The number of fused-ring (bicyclic) bond motifs is 2. The van der Waals surface area contributed by atoms with Gasteiger partial charge >= 0.3 is 0 Å². The van der Waals surface area contributed by atoms with Gasteiger partial charge in [0.25, 0.3) is 0 Å². The van der Waals surface area contributed by atoms with Crippen LogP contribution in [-0.4, -0.2) is 66.4 Å². The van der Waals surface area contributed by atoms with Crippen molar-refractivity contribution in [2.24, 2.45) is 5.92 Å². The maximum atomic E-state index is 13.1. The first-order valence-corrected chi connectivity index (χ1v) is 17.2. The summed E-state index contributed by atoms with van der Waals surface area (Å²) < 4.78 is 25.0. The average molecular weight is 667 g/mol. The number of aromatic nitrogens is 3. The van der Waals surface area contributed by atoms with Crippen LogP contribution in [0, 0.1) is 5.92 Å². The Balaban J connectivity index is 0.944. The second-order valence-electron chi connectivity index (χ2n) is 12.1. The number of hydrogen-bond donors (Lipinski definition) is 0. The summed E-state index contributed by atoms with van der Waals surface area (Å²) in [5, 5.41) is 8.91. The van der Waals surface area contributed by atoms with Gasteiger partial charge in [-0.1, -0.05) is 65.4 Å². The molecular weight excluding hydrogens is 634 g/mol. The van der Waals surface area contributed by atoms with Crippen LogP contribution in [0.4, 0.5) is 5.69 Å². The Labute approximate surface area is 280 Å². The largest absolute Gasteiger partial charge is 0.768 e. The Morgan fingerprint density at radius 3 is 2.47 bits per heavy atom. The van der Waals surface area contributed by atoms with E-state index in [9.17, 15) is 18.4 Å². The number of rotatable bonds is 9. The average Bonchev–Trinajstić information content (AvgIpc) is 3.53. The molecule has 0 N–H and O–H groups in total. The summed E-state index contributed by atoms with van der Waals surface area (Å²) in [5.41, 5.74) is 6.39. The van der Waals surface area contributed by atoms with Crippen molar-refractivity contribution in [2.45, 2.75) is 37.2 Å². The lowest BCUT2D eigenvalue weighted by Crippen LogP contribution is -2.46. The maximum Gasteiger partial charge on any atom is 0.210 e. The van der Waals surface area contributed by atoms with E-state index in [1.807, 2.05) is 42.5 Å². The predicted octanol–water partition coefficient (Wildman–Crippen LogP) is 5.67. The van der Waals surface area contributed by atoms with E-state index >= 15 is 0 Å². The molecule has 1 aromatic heterocycles. The quantitative estimate of drug-likeness (QED) is 0.210. The minimum atomic E-state index is -2.30. The molecule has 0 radical (unpaired) electrons. The Kier molecular flexibility index (Phi) is 9.00. The fourth-order valence-corrected chi connectivity index (χ4v) is 7.24. The molecule has 7 rings (SSSR count). The fourth-order valence-electron chi connectivity index (χ4n) is 6.70. The van der Waals surface area contributed by atoms with Crippen LogP contribution in [0.1, 0.15) is 44.9 Å². The van der Waals surface area contributed by atoms with Crippen molar-refractivity contribution in [3.05, 3.63) is 118 Å². The summed E-state index contributed by atoms with van der Waals surface area (Å²) in [5.74, 6) is -0.695. The SMILES string of the molecule is O=C1C2=CC=CCC2C(=O)c2nnn(CCCc3ccc(N4CCN(Cc5cc(S(=O)[O-])ccc5-c5ccc(Cl)cc5)CC4)cc3)c21. The van der Waals surface area contributed by atoms with Gasteiger partial charge in [-0.3, -0.25) is 18.7 Å². The number of ketones is 2. The zero-order valence-electron chi connectivity index (χ0n) is 25.7. The highest BCUT2D eigenvalue weighted by molar-refractivity contribution is 7.79. The number of allylic oxidation sites excluding steroid dienone is 4. The van der Waals surface area contributed by atoms with Gasteiger partial charge in [0.2, 0.25) is 5.78 Å². The first kappa shape index (κ1) is 31.4. The monoisotopic (exact) mass is 666 g/mol. The third-order valence-corrected chi connectivity index (χ3v) is 10.1. The molecule has 2 atom stereocenters. The van der Waals surface area contributed by atoms with E-state index in [1.54, 1.807) is 22.9 Å². The van der Waals surface area contributed by atoms with E-state index in [1.165, 1.54) is 5.56 Å². The number of piperazine rings is 1. The van der Waals surface area contributed by atoms with Crippen molar-refractivity contribution in [2.75, 3.05) is 31.1 Å². The van der Waals surface area contributed by atoms with Crippen molar-refractivity contribution in [1.82, 2.24) is 19.9 Å². The van der Waals surface area contributed by atoms with Gasteiger partial charge in [0.05, 0.1) is 5.92 Å². The van der Waals surface area contributed by atoms with Gasteiger partial charge in [0.1, 0.15) is 5.69 Å². The molecule has 1 saturated heterocycles. The number of aryl methyl sites for hydroxylation is 2. The van der Waals surface area contributed by atoms with Gasteiger partial charge in [-0.25, -0.2) is 4.68 Å². The number of anilines is 1. The zero-order valence-corrected chi connectivity index (χ0v) is 27.3. The van der Waals surface area contributed by atoms with E-state index in [-0.39, 0.29) is 22.2 Å². The van der Waals surface area contributed by atoms with Crippen molar-refractivity contribution in [3.63, 3.8) is 0 Å². The summed E-state index contributed by atoms with van der Waals surface area (Å²) in [6.07, 6.45) is 7.58. The molecular formula is C36H33ClN5O4S-. The number of halogens is 1. The smallest absolute Gasteiger partial charge is 0.210 e. The molecule has 47 heavy (non-hydrogen) atoms. The van der Waals surface area contributed by atoms with Gasteiger partial charge < -0.3 is 9.45 Å². The van der Waals surface area contributed by atoms with Gasteiger partial charge in [-0.15, -0.1) is 5.10 Å². The lowest BCUT2D eigenvalue weighted by molar-refractivity contribution is 0.0874. The standard InChI is InChI=1S/C36H34ClN5O4S/c37-27-11-9-25(10-12-27)30-16-15-29(47(45)46)22-26(30)23-40-18-20-41(21-19-40)28-13-7-24(8-14-28)4-3-17-42-34-33(38-39-42)35(43)31-5-1-2-6-32(31)36(34)44/h1-2,6-16,22,31H,3-5,17-21,23H2,(H,45,46)/p-1. The summed E-state index contributed by atoms with van der Waals surface area (Å²) in [6.45, 7) is 4.58. The molecule has 4 aromatic rings. The van der Waals surface area contributed by atoms with Crippen molar-refractivity contribution < 1.29 is 18.4 Å². The Morgan fingerprint density at radius 1 is 0.957 bits per heavy atom. The van der Waals surface area contributed by atoms with Crippen LogP contribution in [0.2, 0.25) is 5.02 Å². The highest BCUT2D eigenvalue weighted by Gasteiger charge is 2.41. The zero-order chi connectivity index (χ0) is 32.5. The van der Waals surface area contributed by atoms with Gasteiger partial charge in [-0.05, 0) is 89.0 Å². The second kappa shape index (κ2) is 13.5. The third-order valence-electron chi connectivity index (χ3n) is 9.25. The number of nitrogens with zero attached hydrogens (tertiary/aromatic N) is 5. The molecule has 3 aromatic carbocycles. The van der Waals surface area contributed by atoms with Gasteiger partial charge in [0, 0.05) is 60.4 Å². The minimum Gasteiger partial charge on any atom is -0.768 e. The van der Waals surface area contributed by atoms with Crippen molar-refractivity contribution in [1.29, 1.82) is 0 Å². The van der Waals surface area contributed by atoms with Crippen molar-refractivity contribution >= 4 is 39.9 Å². The fraction of sp³-hybridized carbons (Fsp3) is 0.278. The van der Waals surface area contributed by atoms with E-state index in [0.29, 0.717) is 35.8 Å². The van der Waals surface area contributed by atoms with Gasteiger partial charge in [-0.2, -0.15) is 0 Å². The van der Waals surface area contributed by atoms with Gasteiger partial charge in [0.15, 0.2) is 11.5 Å². The van der Waals surface area contributed by atoms with Crippen molar-refractivity contribution in [3.8, 4) is 11.1 Å². The Morgan fingerprint density at radius 2 is 1.72 bits per heavy atom. The lowest BCUT2D eigenvalue weighted by Gasteiger charge is -2.36. The normalized spacial score (nSPS) is 18.6. The number of hydrogen-bond acceptors (Lipinski definition) is 8. The molecule has 0 bridgehead atoms. The molecule has 1 aliphatic heterocycles. The van der Waals surface area contributed by atoms with Crippen LogP contribution in [0.3, 0.4) is 0 Å². The van der Waals surface area contributed by atoms with E-state index in [2.05, 4.69) is 44.4 Å². The summed E-state index contributed by atoms with van der Waals surface area (Å²) in [7, 11) is 0. The van der Waals surface area contributed by atoms with E-state index < -0.39 is 17.0 Å². The molecule has 3 aliphatic rings. The minimum absolute atomic E-state index is 0.119. The summed E-state index contributed by atoms with van der Waals surface area (Å²) in [4.78, 5) is 31.1. The van der Waals surface area contributed by atoms with Crippen LogP contribution in [-0.2, 0) is 30.6 Å². The van der Waals surface area contributed by atoms with Crippen LogP contribution >= 0.6 is 11.6 Å². The maximum absolute atomic E-state index is 13.1. The van der Waals surface area contributed by atoms with E-state index in [4.69, 9.17) is 11.6 Å². The first-order chi connectivity index (χ1) is 22.9. The molecule has 2 aliphatic carbocycles. The molecule has 11 heteroatoms. The van der Waals surface area contributed by atoms with Crippen LogP contribution in [0.25, 0.3) is 11.1 Å². The summed E-state index contributed by atoms with van der Waals surface area (Å²) >= 11 is 3.80. The lowest BCUT2D eigenvalue weighted by atomic mass is 9.78. The number of Topliss-reactive ketones (excluding diaryl/α,β-unsaturated/α-hetero) is 2. The predicted molar refractivity (Wildman–Crippen MR) is 180 cm³/mol. The third kappa shape index (κ3) is 6.51. The Bertz CT molecular complexity index is 1910.